The molecule has 0 amide bonds. The van der Waals surface area contributed by atoms with E-state index in [2.05, 4.69) is 11.6 Å². The van der Waals surface area contributed by atoms with Crippen LogP contribution in [0.3, 0.4) is 0 Å². The minimum atomic E-state index is -2.76. The number of hydrogen-bond donors (Lipinski definition) is 1. The maximum Gasteiger partial charge on any atom is 0.295 e. The molecule has 0 spiro atoms. The van der Waals surface area contributed by atoms with Gasteiger partial charge in [0.2, 0.25) is 0 Å². The fourth-order valence-corrected chi connectivity index (χ4v) is 2.70. The van der Waals surface area contributed by atoms with E-state index in [1.54, 1.807) is 0 Å². The smallest absolute Gasteiger partial charge is 0.295 e. The molecule has 1 saturated heterocycles. The Kier molecular flexibility index (Phi) is 5.24. The Morgan fingerprint density at radius 3 is 2.71 bits per heavy atom. The zero-order chi connectivity index (χ0) is 15.6. The number of nitrogens with two attached hydrogens (primary N) is 1. The Hall–Kier alpha value is -1.11. The van der Waals surface area contributed by atoms with Gasteiger partial charge in [0.15, 0.2) is 5.82 Å². The second-order valence-electron chi connectivity index (χ2n) is 4.63. The molecule has 2 heterocycles. The van der Waals surface area contributed by atoms with Crippen LogP contribution in [0.1, 0.15) is 37.7 Å². The predicted octanol–water partition coefficient (Wildman–Crippen LogP) is 2.32. The van der Waals surface area contributed by atoms with Crippen LogP contribution >= 0.6 is 23.2 Å². The molecule has 1 fully saturated rings. The number of hydrogen-bond acceptors (Lipinski definition) is 3. The third-order valence-electron chi connectivity index (χ3n) is 3.17. The molecule has 0 saturated carbocycles. The van der Waals surface area contributed by atoms with Gasteiger partial charge in [-0.2, -0.15) is 0 Å². The summed E-state index contributed by atoms with van der Waals surface area (Å²) in [4.78, 5) is 3.88. The van der Waals surface area contributed by atoms with Crippen molar-refractivity contribution in [2.24, 2.45) is 5.73 Å². The maximum atomic E-state index is 13.2. The highest BCUT2D eigenvalue weighted by atomic mass is 35.5. The zero-order valence-corrected chi connectivity index (χ0v) is 12.7. The number of allylic oxidation sites excluding steroid dienone is 1. The summed E-state index contributed by atoms with van der Waals surface area (Å²) in [6.45, 7) is 4.32. The SMILES string of the molecule is C=c1/c(=C(Cl)\C=C(/N)Cl)nc(C(F)F)n1C1CCCCO1. The number of halogens is 4. The summed E-state index contributed by atoms with van der Waals surface area (Å²) in [5, 5.41) is 0.381. The summed E-state index contributed by atoms with van der Waals surface area (Å²) in [6, 6.07) is 0. The lowest BCUT2D eigenvalue weighted by atomic mass is 10.2. The van der Waals surface area contributed by atoms with Gasteiger partial charge in [-0.15, -0.1) is 0 Å². The van der Waals surface area contributed by atoms with E-state index in [1.165, 1.54) is 10.6 Å². The number of aromatic nitrogens is 2. The molecule has 116 valence electrons. The molecule has 1 unspecified atom stereocenters. The standard InChI is InChI=1S/C13H15Cl2F2N3O/c1-7-11(8(14)6-9(15)18)19-13(12(16)17)20(7)10-4-2-3-5-21-10/h6,10,12H,1-5,18H2/b9-6-,11-8-. The first-order valence-corrected chi connectivity index (χ1v) is 7.16. The molecule has 1 atom stereocenters. The van der Waals surface area contributed by atoms with Crippen molar-refractivity contribution in [3.05, 3.63) is 27.8 Å². The van der Waals surface area contributed by atoms with Gasteiger partial charge in [-0.1, -0.05) is 29.8 Å². The van der Waals surface area contributed by atoms with Crippen LogP contribution in [0.4, 0.5) is 8.78 Å². The van der Waals surface area contributed by atoms with Gasteiger partial charge >= 0.3 is 0 Å². The van der Waals surface area contributed by atoms with Crippen molar-refractivity contribution in [1.29, 1.82) is 0 Å². The molecule has 1 aliphatic rings. The van der Waals surface area contributed by atoms with Gasteiger partial charge in [-0.25, -0.2) is 13.8 Å². The Balaban J connectivity index is 2.61. The minimum Gasteiger partial charge on any atom is -0.389 e. The highest BCUT2D eigenvalue weighted by molar-refractivity contribution is 6.48. The van der Waals surface area contributed by atoms with E-state index in [4.69, 9.17) is 33.7 Å². The van der Waals surface area contributed by atoms with Crippen molar-refractivity contribution in [3.8, 4) is 0 Å². The minimum absolute atomic E-state index is 0.0592. The third kappa shape index (κ3) is 3.56. The fraction of sp³-hybridized carbons (Fsp3) is 0.462. The van der Waals surface area contributed by atoms with Crippen molar-refractivity contribution >= 4 is 34.8 Å². The van der Waals surface area contributed by atoms with Crippen LogP contribution in [0.15, 0.2) is 11.2 Å². The molecule has 1 aromatic rings. The van der Waals surface area contributed by atoms with Crippen LogP contribution in [-0.2, 0) is 4.74 Å². The van der Waals surface area contributed by atoms with E-state index in [1.807, 2.05) is 0 Å². The fourth-order valence-electron chi connectivity index (χ4n) is 2.27. The molecular formula is C13H15Cl2F2N3O. The largest absolute Gasteiger partial charge is 0.389 e. The third-order valence-corrected chi connectivity index (χ3v) is 3.56. The Labute approximate surface area is 130 Å². The van der Waals surface area contributed by atoms with Gasteiger partial charge in [0.1, 0.15) is 16.7 Å². The molecule has 21 heavy (non-hydrogen) atoms. The van der Waals surface area contributed by atoms with Crippen LogP contribution in [0.25, 0.3) is 11.6 Å². The molecule has 0 aliphatic carbocycles. The lowest BCUT2D eigenvalue weighted by molar-refractivity contribution is -0.0402. The molecule has 0 radical (unpaired) electrons. The normalized spacial score (nSPS) is 21.8. The molecule has 8 heteroatoms. The lowest BCUT2D eigenvalue weighted by Gasteiger charge is -2.25. The predicted molar refractivity (Wildman–Crippen MR) is 78.2 cm³/mol. The van der Waals surface area contributed by atoms with E-state index in [-0.39, 0.29) is 20.9 Å². The lowest BCUT2D eigenvalue weighted by Crippen LogP contribution is -2.34. The number of alkyl halides is 2. The molecule has 1 aliphatic heterocycles. The highest BCUT2D eigenvalue weighted by Gasteiger charge is 2.25. The quantitative estimate of drug-likeness (QED) is 0.861. The number of nitrogens with zero attached hydrogens (tertiary/aromatic N) is 2. The van der Waals surface area contributed by atoms with Crippen LogP contribution in [0, 0.1) is 0 Å². The average molecular weight is 338 g/mol. The summed E-state index contributed by atoms with van der Waals surface area (Å²) in [5.41, 5.74) is 5.32. The molecular weight excluding hydrogens is 323 g/mol. The van der Waals surface area contributed by atoms with Gasteiger partial charge in [-0.3, -0.25) is 4.57 Å². The highest BCUT2D eigenvalue weighted by Crippen LogP contribution is 2.25. The molecule has 4 nitrogen and oxygen atoms in total. The van der Waals surface area contributed by atoms with Crippen molar-refractivity contribution < 1.29 is 13.5 Å². The monoisotopic (exact) mass is 337 g/mol. The van der Waals surface area contributed by atoms with E-state index in [0.29, 0.717) is 13.0 Å². The van der Waals surface area contributed by atoms with Crippen LogP contribution < -0.4 is 16.4 Å². The summed E-state index contributed by atoms with van der Waals surface area (Å²) in [5.74, 6) is -0.415. The Morgan fingerprint density at radius 1 is 1.48 bits per heavy atom. The first kappa shape index (κ1) is 16.3. The van der Waals surface area contributed by atoms with Gasteiger partial charge in [0.25, 0.3) is 6.43 Å². The van der Waals surface area contributed by atoms with Crippen LogP contribution in [-0.4, -0.2) is 16.2 Å². The molecule has 0 bridgehead atoms. The Bertz CT molecular complexity index is 647. The van der Waals surface area contributed by atoms with Gasteiger partial charge in [0, 0.05) is 6.61 Å². The van der Waals surface area contributed by atoms with Gasteiger partial charge in [0.05, 0.1) is 10.4 Å². The number of imidazole rings is 1. The van der Waals surface area contributed by atoms with Crippen molar-refractivity contribution in [3.63, 3.8) is 0 Å². The molecule has 2 rings (SSSR count). The van der Waals surface area contributed by atoms with Crippen molar-refractivity contribution in [1.82, 2.24) is 9.55 Å². The van der Waals surface area contributed by atoms with Crippen molar-refractivity contribution in [2.75, 3.05) is 6.61 Å². The van der Waals surface area contributed by atoms with Crippen molar-refractivity contribution in [2.45, 2.75) is 31.9 Å². The van der Waals surface area contributed by atoms with E-state index >= 15 is 0 Å². The molecule has 2 N–H and O–H groups in total. The van der Waals surface area contributed by atoms with E-state index in [9.17, 15) is 8.78 Å². The summed E-state index contributed by atoms with van der Waals surface area (Å²) >= 11 is 11.5. The molecule has 1 aromatic heterocycles. The van der Waals surface area contributed by atoms with Crippen LogP contribution in [0.2, 0.25) is 0 Å². The number of rotatable bonds is 3. The van der Waals surface area contributed by atoms with E-state index in [0.717, 1.165) is 12.8 Å². The zero-order valence-electron chi connectivity index (χ0n) is 11.2. The molecule has 0 aromatic carbocycles. The Morgan fingerprint density at radius 2 is 2.19 bits per heavy atom. The second kappa shape index (κ2) is 6.77. The summed E-state index contributed by atoms with van der Waals surface area (Å²) in [7, 11) is 0. The van der Waals surface area contributed by atoms with Gasteiger partial charge in [-0.05, 0) is 25.3 Å². The maximum absolute atomic E-state index is 13.2. The topological polar surface area (TPSA) is 53.1 Å². The van der Waals surface area contributed by atoms with E-state index < -0.39 is 18.5 Å². The average Bonchev–Trinajstić information content (AvgIpc) is 2.77. The summed E-state index contributed by atoms with van der Waals surface area (Å²) < 4.78 is 33.3. The first-order valence-electron chi connectivity index (χ1n) is 6.41. The summed E-state index contributed by atoms with van der Waals surface area (Å²) in [6.07, 6.45) is 0.411. The van der Waals surface area contributed by atoms with Crippen LogP contribution in [0.5, 0.6) is 0 Å². The number of ether oxygens (including phenoxy) is 1. The van der Waals surface area contributed by atoms with Gasteiger partial charge < -0.3 is 10.5 Å². The second-order valence-corrected chi connectivity index (χ2v) is 5.48. The first-order chi connectivity index (χ1) is 9.91.